The molecule has 1 aromatic carbocycles. The Morgan fingerprint density at radius 2 is 2.00 bits per heavy atom. The first-order chi connectivity index (χ1) is 7.38. The van der Waals surface area contributed by atoms with Gasteiger partial charge >= 0.3 is 6.18 Å². The average molecular weight is 298 g/mol. The quantitative estimate of drug-likeness (QED) is 0.717. The number of rotatable bonds is 0. The Labute approximate surface area is 98.0 Å². The molecule has 88 valence electrons. The lowest BCUT2D eigenvalue weighted by atomic mass is 9.98. The van der Waals surface area contributed by atoms with Gasteiger partial charge in [0.15, 0.2) is 0 Å². The standard InChI is InChI=1S/C10H8BrF4N/c11-6-3-5-1-2-9(10(13,14)15)16-8(5)4-7(6)12/h3-4,9,16H,1-2H2. The van der Waals surface area contributed by atoms with Crippen LogP contribution in [-0.4, -0.2) is 12.2 Å². The van der Waals surface area contributed by atoms with E-state index in [0.717, 1.165) is 6.07 Å². The molecule has 1 N–H and O–H groups in total. The number of hydrogen-bond acceptors (Lipinski definition) is 1. The fraction of sp³-hybridized carbons (Fsp3) is 0.400. The zero-order valence-corrected chi connectivity index (χ0v) is 9.62. The summed E-state index contributed by atoms with van der Waals surface area (Å²) in [5, 5.41) is 2.32. The molecule has 0 saturated heterocycles. The second-order valence-electron chi connectivity index (χ2n) is 3.70. The van der Waals surface area contributed by atoms with E-state index in [1.165, 1.54) is 6.07 Å². The minimum absolute atomic E-state index is 0.0193. The van der Waals surface area contributed by atoms with E-state index in [-0.39, 0.29) is 16.6 Å². The second kappa shape index (κ2) is 3.91. The Morgan fingerprint density at radius 1 is 1.31 bits per heavy atom. The van der Waals surface area contributed by atoms with E-state index in [9.17, 15) is 17.6 Å². The summed E-state index contributed by atoms with van der Waals surface area (Å²) in [6.07, 6.45) is -4.01. The van der Waals surface area contributed by atoms with Crippen LogP contribution in [0.25, 0.3) is 0 Å². The summed E-state index contributed by atoms with van der Waals surface area (Å²) < 4.78 is 50.8. The van der Waals surface area contributed by atoms with E-state index in [1.807, 2.05) is 0 Å². The molecule has 6 heteroatoms. The highest BCUT2D eigenvalue weighted by Crippen LogP contribution is 2.35. The maximum atomic E-state index is 13.2. The zero-order valence-electron chi connectivity index (χ0n) is 8.04. The molecule has 0 spiro atoms. The molecule has 16 heavy (non-hydrogen) atoms. The van der Waals surface area contributed by atoms with E-state index in [2.05, 4.69) is 21.2 Å². The third-order valence-electron chi connectivity index (χ3n) is 2.57. The Hall–Kier alpha value is -0.780. The van der Waals surface area contributed by atoms with Crippen molar-refractivity contribution in [2.24, 2.45) is 0 Å². The van der Waals surface area contributed by atoms with Crippen LogP contribution in [0.4, 0.5) is 23.2 Å². The third kappa shape index (κ3) is 2.16. The Balaban J connectivity index is 2.31. The topological polar surface area (TPSA) is 12.0 Å². The van der Waals surface area contributed by atoms with Gasteiger partial charge in [-0.25, -0.2) is 4.39 Å². The van der Waals surface area contributed by atoms with E-state index in [1.54, 1.807) is 0 Å². The van der Waals surface area contributed by atoms with E-state index < -0.39 is 18.0 Å². The van der Waals surface area contributed by atoms with Crippen molar-refractivity contribution in [2.45, 2.75) is 25.1 Å². The van der Waals surface area contributed by atoms with E-state index in [0.29, 0.717) is 12.0 Å². The molecule has 1 nitrogen and oxygen atoms in total. The van der Waals surface area contributed by atoms with Crippen molar-refractivity contribution in [2.75, 3.05) is 5.32 Å². The molecular weight excluding hydrogens is 290 g/mol. The first-order valence-electron chi connectivity index (χ1n) is 4.69. The molecule has 0 fully saturated rings. The van der Waals surface area contributed by atoms with E-state index in [4.69, 9.17) is 0 Å². The van der Waals surface area contributed by atoms with Crippen LogP contribution in [-0.2, 0) is 6.42 Å². The van der Waals surface area contributed by atoms with Crippen molar-refractivity contribution in [1.29, 1.82) is 0 Å². The number of fused-ring (bicyclic) bond motifs is 1. The van der Waals surface area contributed by atoms with Gasteiger partial charge in [-0.15, -0.1) is 0 Å². The van der Waals surface area contributed by atoms with Gasteiger partial charge in [-0.3, -0.25) is 0 Å². The monoisotopic (exact) mass is 297 g/mol. The highest BCUT2D eigenvalue weighted by Gasteiger charge is 2.41. The summed E-state index contributed by atoms with van der Waals surface area (Å²) in [5.41, 5.74) is 0.933. The molecule has 0 saturated carbocycles. The van der Waals surface area contributed by atoms with Gasteiger partial charge in [0.1, 0.15) is 11.9 Å². The number of hydrogen-bond donors (Lipinski definition) is 1. The summed E-state index contributed by atoms with van der Waals surface area (Å²) in [6, 6.07) is 1.03. The predicted molar refractivity (Wildman–Crippen MR) is 55.9 cm³/mol. The lowest BCUT2D eigenvalue weighted by molar-refractivity contribution is -0.144. The molecule has 1 aliphatic rings. The molecule has 0 aliphatic carbocycles. The number of benzene rings is 1. The number of anilines is 1. The summed E-state index contributed by atoms with van der Waals surface area (Å²) >= 11 is 3.00. The van der Waals surface area contributed by atoms with Crippen LogP contribution in [0, 0.1) is 5.82 Å². The SMILES string of the molecule is Fc1cc2c(cc1Br)CCC(C(F)(F)F)N2. The molecule has 1 heterocycles. The van der Waals surface area contributed by atoms with E-state index >= 15 is 0 Å². The predicted octanol–water partition coefficient (Wildman–Crippen LogP) is 3.88. The summed E-state index contributed by atoms with van der Waals surface area (Å²) in [6.45, 7) is 0. The molecule has 1 aromatic rings. The van der Waals surface area contributed by atoms with Gasteiger partial charge in [0.2, 0.25) is 0 Å². The highest BCUT2D eigenvalue weighted by molar-refractivity contribution is 9.10. The number of aryl methyl sites for hydroxylation is 1. The normalized spacial score (nSPS) is 20.2. The number of halogens is 5. The van der Waals surface area contributed by atoms with Gasteiger partial charge in [0, 0.05) is 5.69 Å². The van der Waals surface area contributed by atoms with Gasteiger partial charge in [0.25, 0.3) is 0 Å². The second-order valence-corrected chi connectivity index (χ2v) is 4.56. The summed E-state index contributed by atoms with van der Waals surface area (Å²) in [7, 11) is 0. The third-order valence-corrected chi connectivity index (χ3v) is 3.18. The molecule has 0 radical (unpaired) electrons. The Kier molecular flexibility index (Phi) is 2.86. The lowest BCUT2D eigenvalue weighted by Gasteiger charge is -2.28. The van der Waals surface area contributed by atoms with Crippen LogP contribution >= 0.6 is 15.9 Å². The molecule has 0 aromatic heterocycles. The van der Waals surface area contributed by atoms with Crippen molar-refractivity contribution < 1.29 is 17.6 Å². The maximum absolute atomic E-state index is 13.2. The largest absolute Gasteiger partial charge is 0.408 e. The fourth-order valence-corrected chi connectivity index (χ4v) is 2.13. The zero-order chi connectivity index (χ0) is 11.9. The average Bonchev–Trinajstić information content (AvgIpc) is 2.17. The van der Waals surface area contributed by atoms with Crippen molar-refractivity contribution in [3.8, 4) is 0 Å². The van der Waals surface area contributed by atoms with Crippen molar-refractivity contribution in [3.63, 3.8) is 0 Å². The Bertz CT molecular complexity index is 416. The van der Waals surface area contributed by atoms with Gasteiger partial charge in [-0.2, -0.15) is 13.2 Å². The maximum Gasteiger partial charge on any atom is 0.408 e. The van der Waals surface area contributed by atoms with Crippen molar-refractivity contribution >= 4 is 21.6 Å². The van der Waals surface area contributed by atoms with Crippen LogP contribution in [0.5, 0.6) is 0 Å². The first kappa shape index (κ1) is 11.7. The smallest absolute Gasteiger partial charge is 0.374 e. The molecule has 1 atom stereocenters. The van der Waals surface area contributed by atoms with Gasteiger partial charge in [-0.05, 0) is 46.5 Å². The summed E-state index contributed by atoms with van der Waals surface area (Å²) in [5.74, 6) is -0.561. The molecular formula is C10H8BrF4N. The molecule has 2 rings (SSSR count). The minimum atomic E-state index is -4.29. The number of alkyl halides is 3. The van der Waals surface area contributed by atoms with Crippen LogP contribution in [0.3, 0.4) is 0 Å². The minimum Gasteiger partial charge on any atom is -0.374 e. The van der Waals surface area contributed by atoms with Crippen LogP contribution < -0.4 is 5.32 Å². The van der Waals surface area contributed by atoms with Crippen LogP contribution in [0.15, 0.2) is 16.6 Å². The highest BCUT2D eigenvalue weighted by atomic mass is 79.9. The first-order valence-corrected chi connectivity index (χ1v) is 5.48. The van der Waals surface area contributed by atoms with Crippen LogP contribution in [0.1, 0.15) is 12.0 Å². The molecule has 0 amide bonds. The molecule has 1 unspecified atom stereocenters. The fourth-order valence-electron chi connectivity index (χ4n) is 1.73. The Morgan fingerprint density at radius 3 is 2.62 bits per heavy atom. The lowest BCUT2D eigenvalue weighted by Crippen LogP contribution is -2.39. The molecule has 0 bridgehead atoms. The van der Waals surface area contributed by atoms with Gasteiger partial charge < -0.3 is 5.32 Å². The van der Waals surface area contributed by atoms with Crippen molar-refractivity contribution in [1.82, 2.24) is 0 Å². The number of nitrogens with one attached hydrogen (secondary N) is 1. The van der Waals surface area contributed by atoms with Gasteiger partial charge in [-0.1, -0.05) is 0 Å². The summed E-state index contributed by atoms with van der Waals surface area (Å²) in [4.78, 5) is 0. The molecule has 1 aliphatic heterocycles. The van der Waals surface area contributed by atoms with Gasteiger partial charge in [0.05, 0.1) is 4.47 Å². The van der Waals surface area contributed by atoms with Crippen molar-refractivity contribution in [3.05, 3.63) is 28.0 Å². The van der Waals surface area contributed by atoms with Crippen LogP contribution in [0.2, 0.25) is 0 Å².